The molecule has 21 heavy (non-hydrogen) atoms. The van der Waals surface area contributed by atoms with E-state index in [9.17, 15) is 0 Å². The molecule has 0 saturated carbocycles. The zero-order valence-electron chi connectivity index (χ0n) is 11.2. The summed E-state index contributed by atoms with van der Waals surface area (Å²) in [6.45, 7) is 0. The predicted octanol–water partition coefficient (Wildman–Crippen LogP) is 3.76. The quantitative estimate of drug-likeness (QED) is 0.731. The van der Waals surface area contributed by atoms with Crippen LogP contribution in [0, 0.1) is 0 Å². The first kappa shape index (κ1) is 13.6. The molecule has 0 aliphatic heterocycles. The minimum absolute atomic E-state index is 0.427. The molecule has 0 aliphatic carbocycles. The van der Waals surface area contributed by atoms with Crippen LogP contribution in [0.2, 0.25) is 0 Å². The van der Waals surface area contributed by atoms with Crippen molar-refractivity contribution in [3.8, 4) is 28.6 Å². The minimum Gasteiger partial charge on any atom is -0.496 e. The van der Waals surface area contributed by atoms with E-state index in [1.54, 1.807) is 13.2 Å². The summed E-state index contributed by atoms with van der Waals surface area (Å²) in [6.07, 6.45) is 0. The molecule has 0 fully saturated rings. The second kappa shape index (κ2) is 5.57. The molecule has 0 spiro atoms. The Kier molecular flexibility index (Phi) is 3.62. The maximum absolute atomic E-state index is 5.77. The number of nitrogens with zero attached hydrogens (tertiary/aromatic N) is 2. The van der Waals surface area contributed by atoms with Gasteiger partial charge in [-0.3, -0.25) is 0 Å². The van der Waals surface area contributed by atoms with Gasteiger partial charge in [0, 0.05) is 15.7 Å². The van der Waals surface area contributed by atoms with Crippen LogP contribution in [0.4, 0.5) is 5.69 Å². The number of hydrogen-bond donors (Lipinski definition) is 1. The van der Waals surface area contributed by atoms with Crippen LogP contribution in [0.5, 0.6) is 5.75 Å². The molecule has 1 heterocycles. The Labute approximate surface area is 129 Å². The van der Waals surface area contributed by atoms with E-state index in [0.717, 1.165) is 15.6 Å². The average molecular weight is 346 g/mol. The van der Waals surface area contributed by atoms with Crippen molar-refractivity contribution in [2.24, 2.45) is 0 Å². The molecule has 1 aromatic heterocycles. The molecular formula is C15H12BrN3O2. The maximum atomic E-state index is 5.77. The lowest BCUT2D eigenvalue weighted by atomic mass is 10.2. The van der Waals surface area contributed by atoms with Gasteiger partial charge in [-0.05, 0) is 46.3 Å². The first-order valence-corrected chi connectivity index (χ1v) is 7.01. The number of ether oxygens (including phenoxy) is 1. The molecule has 106 valence electrons. The Morgan fingerprint density at radius 3 is 2.76 bits per heavy atom. The fourth-order valence-corrected chi connectivity index (χ4v) is 2.32. The standard InChI is InChI=1S/C15H12BrN3O2/c1-20-13-5-3-2-4-10(13)14-18-15(21-19-14)9-6-7-12(17)11(16)8-9/h2-8H,17H2,1H3. The third-order valence-corrected chi connectivity index (χ3v) is 3.71. The van der Waals surface area contributed by atoms with Gasteiger partial charge >= 0.3 is 0 Å². The van der Waals surface area contributed by atoms with Gasteiger partial charge in [0.15, 0.2) is 0 Å². The van der Waals surface area contributed by atoms with Crippen molar-refractivity contribution < 1.29 is 9.26 Å². The molecule has 6 heteroatoms. The summed E-state index contributed by atoms with van der Waals surface area (Å²) < 4.78 is 11.4. The largest absolute Gasteiger partial charge is 0.496 e. The van der Waals surface area contributed by atoms with Crippen LogP contribution in [0.1, 0.15) is 0 Å². The van der Waals surface area contributed by atoms with E-state index >= 15 is 0 Å². The van der Waals surface area contributed by atoms with Gasteiger partial charge in [-0.2, -0.15) is 4.98 Å². The highest BCUT2D eigenvalue weighted by molar-refractivity contribution is 9.10. The molecule has 2 N–H and O–H groups in total. The first-order valence-electron chi connectivity index (χ1n) is 6.21. The first-order chi connectivity index (χ1) is 10.2. The van der Waals surface area contributed by atoms with Crippen LogP contribution in [0.3, 0.4) is 0 Å². The van der Waals surface area contributed by atoms with Crippen LogP contribution in [-0.4, -0.2) is 17.3 Å². The molecule has 0 radical (unpaired) electrons. The van der Waals surface area contributed by atoms with Crippen LogP contribution < -0.4 is 10.5 Å². The van der Waals surface area contributed by atoms with Gasteiger partial charge < -0.3 is 15.0 Å². The molecule has 0 saturated heterocycles. The van der Waals surface area contributed by atoms with E-state index in [1.807, 2.05) is 36.4 Å². The molecule has 0 unspecified atom stereocenters. The normalized spacial score (nSPS) is 10.6. The van der Waals surface area contributed by atoms with E-state index in [2.05, 4.69) is 26.1 Å². The van der Waals surface area contributed by atoms with Crippen molar-refractivity contribution in [2.45, 2.75) is 0 Å². The lowest BCUT2D eigenvalue weighted by molar-refractivity contribution is 0.413. The number of anilines is 1. The van der Waals surface area contributed by atoms with Gasteiger partial charge in [-0.1, -0.05) is 17.3 Å². The van der Waals surface area contributed by atoms with Gasteiger partial charge in [-0.25, -0.2) is 0 Å². The maximum Gasteiger partial charge on any atom is 0.258 e. The second-order valence-corrected chi connectivity index (χ2v) is 5.21. The summed E-state index contributed by atoms with van der Waals surface area (Å²) >= 11 is 3.38. The molecule has 0 atom stereocenters. The molecule has 2 aromatic carbocycles. The van der Waals surface area contributed by atoms with Crippen molar-refractivity contribution >= 4 is 21.6 Å². The van der Waals surface area contributed by atoms with E-state index in [-0.39, 0.29) is 0 Å². The summed E-state index contributed by atoms with van der Waals surface area (Å²) in [7, 11) is 1.61. The van der Waals surface area contributed by atoms with Gasteiger partial charge in [-0.15, -0.1) is 0 Å². The van der Waals surface area contributed by atoms with Crippen molar-refractivity contribution in [1.29, 1.82) is 0 Å². The van der Waals surface area contributed by atoms with Crippen molar-refractivity contribution in [3.63, 3.8) is 0 Å². The van der Waals surface area contributed by atoms with Crippen molar-refractivity contribution in [1.82, 2.24) is 10.1 Å². The van der Waals surface area contributed by atoms with E-state index in [4.69, 9.17) is 15.0 Å². The monoisotopic (exact) mass is 345 g/mol. The third kappa shape index (κ3) is 2.62. The van der Waals surface area contributed by atoms with Crippen molar-refractivity contribution in [2.75, 3.05) is 12.8 Å². The highest BCUT2D eigenvalue weighted by Gasteiger charge is 2.14. The Bertz CT molecular complexity index is 786. The SMILES string of the molecule is COc1ccccc1-c1noc(-c2ccc(N)c(Br)c2)n1. The Morgan fingerprint density at radius 1 is 1.19 bits per heavy atom. The topological polar surface area (TPSA) is 74.2 Å². The number of benzene rings is 2. The van der Waals surface area contributed by atoms with E-state index in [1.165, 1.54) is 0 Å². The second-order valence-electron chi connectivity index (χ2n) is 4.36. The van der Waals surface area contributed by atoms with Crippen LogP contribution in [0.15, 0.2) is 51.5 Å². The summed E-state index contributed by atoms with van der Waals surface area (Å²) in [5, 5.41) is 4.01. The van der Waals surface area contributed by atoms with Gasteiger partial charge in [0.05, 0.1) is 12.7 Å². The lowest BCUT2D eigenvalue weighted by Gasteiger charge is -2.03. The number of hydrogen-bond acceptors (Lipinski definition) is 5. The fourth-order valence-electron chi connectivity index (χ4n) is 1.94. The molecule has 3 aromatic rings. The van der Waals surface area contributed by atoms with E-state index < -0.39 is 0 Å². The fraction of sp³-hybridized carbons (Fsp3) is 0.0667. The summed E-state index contributed by atoms with van der Waals surface area (Å²) in [5.74, 6) is 1.61. The Balaban J connectivity index is 2.01. The number of methoxy groups -OCH3 is 1. The highest BCUT2D eigenvalue weighted by atomic mass is 79.9. The number of para-hydroxylation sites is 1. The van der Waals surface area contributed by atoms with E-state index in [0.29, 0.717) is 23.2 Å². The molecule has 0 amide bonds. The van der Waals surface area contributed by atoms with Crippen LogP contribution in [0.25, 0.3) is 22.8 Å². The Hall–Kier alpha value is -2.34. The van der Waals surface area contributed by atoms with Crippen LogP contribution in [-0.2, 0) is 0 Å². The smallest absolute Gasteiger partial charge is 0.258 e. The lowest BCUT2D eigenvalue weighted by Crippen LogP contribution is -1.89. The number of rotatable bonds is 3. The molecule has 3 rings (SSSR count). The zero-order chi connectivity index (χ0) is 14.8. The van der Waals surface area contributed by atoms with Gasteiger partial charge in [0.25, 0.3) is 5.89 Å². The minimum atomic E-state index is 0.427. The molecular weight excluding hydrogens is 334 g/mol. The number of halogens is 1. The van der Waals surface area contributed by atoms with Gasteiger partial charge in [0.1, 0.15) is 5.75 Å². The summed E-state index contributed by atoms with van der Waals surface area (Å²) in [4.78, 5) is 4.41. The van der Waals surface area contributed by atoms with Gasteiger partial charge in [0.2, 0.25) is 5.82 Å². The molecule has 0 bridgehead atoms. The summed E-state index contributed by atoms with van der Waals surface area (Å²) in [5.41, 5.74) is 8.00. The molecule has 5 nitrogen and oxygen atoms in total. The van der Waals surface area contributed by atoms with Crippen LogP contribution >= 0.6 is 15.9 Å². The average Bonchev–Trinajstić information content (AvgIpc) is 2.99. The summed E-state index contributed by atoms with van der Waals surface area (Å²) in [6, 6.07) is 13.0. The highest BCUT2D eigenvalue weighted by Crippen LogP contribution is 2.31. The number of nitrogens with two attached hydrogens (primary N) is 1. The molecule has 0 aliphatic rings. The number of nitrogen functional groups attached to an aromatic ring is 1. The Morgan fingerprint density at radius 2 is 2.00 bits per heavy atom. The van der Waals surface area contributed by atoms with Crippen molar-refractivity contribution in [3.05, 3.63) is 46.9 Å². The zero-order valence-corrected chi connectivity index (χ0v) is 12.8. The third-order valence-electron chi connectivity index (χ3n) is 3.02. The number of aromatic nitrogens is 2. The predicted molar refractivity (Wildman–Crippen MR) is 83.8 cm³/mol.